The minimum Gasteiger partial charge on any atom is -0.502 e. The Labute approximate surface area is 213 Å². The van der Waals surface area contributed by atoms with Crippen LogP contribution in [0.5, 0.6) is 5.75 Å². The van der Waals surface area contributed by atoms with Crippen LogP contribution in [0, 0.1) is 5.92 Å². The fourth-order valence-electron chi connectivity index (χ4n) is 2.95. The molecule has 0 amide bonds. The number of fused-ring (bicyclic) bond motifs is 1. The Bertz CT molecular complexity index is 746. The summed E-state index contributed by atoms with van der Waals surface area (Å²) in [6.45, 7) is 20.8. The number of allylic oxidation sites excluding steroid dienone is 2. The second-order valence-electron chi connectivity index (χ2n) is 7.00. The van der Waals surface area contributed by atoms with Crippen LogP contribution < -0.4 is 10.9 Å². The summed E-state index contributed by atoms with van der Waals surface area (Å²) in [5.74, 6) is -0.0922. The van der Waals surface area contributed by atoms with E-state index in [4.69, 9.17) is 0 Å². The van der Waals surface area contributed by atoms with Gasteiger partial charge in [-0.25, -0.2) is 9.37 Å². The highest BCUT2D eigenvalue weighted by Crippen LogP contribution is 2.20. The third-order valence-electron chi connectivity index (χ3n) is 4.43. The molecule has 0 aromatic carbocycles. The zero-order valence-electron chi connectivity index (χ0n) is 23.5. The van der Waals surface area contributed by atoms with E-state index in [1.807, 2.05) is 41.5 Å². The first-order valence-electron chi connectivity index (χ1n) is 13.3. The normalized spacial score (nSPS) is 14.1. The SMILES string of the molecule is C=CC(C=C/C=C/F)CNC(O)c1nc2n(c(=O)c1O)CCCCCC2.CC.CC.CC.CCC. The van der Waals surface area contributed by atoms with E-state index < -0.39 is 17.5 Å². The third kappa shape index (κ3) is 15.4. The molecule has 0 fully saturated rings. The molecular weight excluding hydrogens is 445 g/mol. The van der Waals surface area contributed by atoms with Crippen LogP contribution in [0.4, 0.5) is 4.39 Å². The second-order valence-corrected chi connectivity index (χ2v) is 7.00. The largest absolute Gasteiger partial charge is 0.502 e. The van der Waals surface area contributed by atoms with Crippen molar-refractivity contribution in [3.63, 3.8) is 0 Å². The lowest BCUT2D eigenvalue weighted by atomic mass is 10.1. The molecule has 0 aliphatic carbocycles. The molecule has 3 N–H and O–H groups in total. The summed E-state index contributed by atoms with van der Waals surface area (Å²) in [6.07, 6.45) is 11.1. The number of hydrogen-bond acceptors (Lipinski definition) is 5. The fraction of sp³-hybridized carbons (Fsp3) is 0.643. The molecule has 35 heavy (non-hydrogen) atoms. The number of rotatable bonds is 7. The first-order valence-corrected chi connectivity index (χ1v) is 13.3. The highest BCUT2D eigenvalue weighted by Gasteiger charge is 2.22. The van der Waals surface area contributed by atoms with Crippen molar-refractivity contribution in [2.45, 2.75) is 107 Å². The summed E-state index contributed by atoms with van der Waals surface area (Å²) >= 11 is 0. The Hall–Kier alpha value is -2.25. The minimum atomic E-state index is -1.29. The van der Waals surface area contributed by atoms with Gasteiger partial charge >= 0.3 is 0 Å². The summed E-state index contributed by atoms with van der Waals surface area (Å²) in [5.41, 5.74) is -0.571. The summed E-state index contributed by atoms with van der Waals surface area (Å²) in [4.78, 5) is 16.8. The summed E-state index contributed by atoms with van der Waals surface area (Å²) in [7, 11) is 0. The number of aromatic hydroxyl groups is 1. The van der Waals surface area contributed by atoms with Crippen molar-refractivity contribution < 1.29 is 14.6 Å². The van der Waals surface area contributed by atoms with Crippen LogP contribution in [0.1, 0.15) is 105 Å². The molecule has 1 aliphatic heterocycles. The highest BCUT2D eigenvalue weighted by molar-refractivity contribution is 5.26. The van der Waals surface area contributed by atoms with Crippen molar-refractivity contribution in [2.24, 2.45) is 5.92 Å². The third-order valence-corrected chi connectivity index (χ3v) is 4.43. The van der Waals surface area contributed by atoms with Crippen LogP contribution in [-0.2, 0) is 13.0 Å². The number of nitrogens with zero attached hydrogens (tertiary/aromatic N) is 2. The Balaban J connectivity index is -0.00000101. The van der Waals surface area contributed by atoms with Gasteiger partial charge in [-0.2, -0.15) is 0 Å². The molecule has 2 unspecified atom stereocenters. The molecule has 204 valence electrons. The molecule has 1 aromatic heterocycles. The van der Waals surface area contributed by atoms with Gasteiger partial charge in [0.15, 0.2) is 6.23 Å². The van der Waals surface area contributed by atoms with Gasteiger partial charge in [0, 0.05) is 25.4 Å². The number of halogens is 1. The zero-order valence-corrected chi connectivity index (χ0v) is 23.5. The highest BCUT2D eigenvalue weighted by atomic mass is 19.1. The van der Waals surface area contributed by atoms with Gasteiger partial charge in [-0.3, -0.25) is 14.7 Å². The van der Waals surface area contributed by atoms with Crippen LogP contribution in [0.15, 0.2) is 42.0 Å². The lowest BCUT2D eigenvalue weighted by Crippen LogP contribution is -2.32. The van der Waals surface area contributed by atoms with Gasteiger partial charge in [-0.05, 0) is 18.9 Å². The van der Waals surface area contributed by atoms with Crippen LogP contribution in [0.3, 0.4) is 0 Å². The maximum absolute atomic E-state index is 12.4. The van der Waals surface area contributed by atoms with Crippen LogP contribution >= 0.6 is 0 Å². The lowest BCUT2D eigenvalue weighted by molar-refractivity contribution is 0.128. The van der Waals surface area contributed by atoms with Crippen LogP contribution in [0.25, 0.3) is 0 Å². The molecule has 0 bridgehead atoms. The molecule has 1 aliphatic rings. The minimum absolute atomic E-state index is 0.0581. The summed E-state index contributed by atoms with van der Waals surface area (Å²) in [5, 5.41) is 23.4. The predicted molar refractivity (Wildman–Crippen MR) is 148 cm³/mol. The van der Waals surface area contributed by atoms with Gasteiger partial charge in [0.2, 0.25) is 5.75 Å². The number of aromatic nitrogens is 2. The van der Waals surface area contributed by atoms with E-state index in [0.717, 1.165) is 25.7 Å². The summed E-state index contributed by atoms with van der Waals surface area (Å²) < 4.78 is 13.5. The molecule has 7 heteroatoms. The van der Waals surface area contributed by atoms with Gasteiger partial charge in [0.05, 0.1) is 6.33 Å². The average molecular weight is 498 g/mol. The smallest absolute Gasteiger partial charge is 0.296 e. The first-order chi connectivity index (χ1) is 17.0. The molecule has 0 saturated carbocycles. The predicted octanol–water partition coefficient (Wildman–Crippen LogP) is 6.98. The number of nitrogens with one attached hydrogen (secondary N) is 1. The summed E-state index contributed by atoms with van der Waals surface area (Å²) in [6, 6.07) is 0. The zero-order chi connectivity index (χ0) is 27.6. The topological polar surface area (TPSA) is 87.4 Å². The quantitative estimate of drug-likeness (QED) is 0.215. The molecule has 0 saturated heterocycles. The Morgan fingerprint density at radius 1 is 1.09 bits per heavy atom. The van der Waals surface area contributed by atoms with E-state index >= 15 is 0 Å². The van der Waals surface area contributed by atoms with Crippen LogP contribution in [0.2, 0.25) is 0 Å². The number of aliphatic hydroxyl groups is 1. The maximum atomic E-state index is 12.4. The molecule has 1 aromatic rings. The number of aryl methyl sites for hydroxylation is 1. The van der Waals surface area contributed by atoms with Gasteiger partial charge < -0.3 is 10.2 Å². The van der Waals surface area contributed by atoms with Gasteiger partial charge in [-0.15, -0.1) is 6.58 Å². The van der Waals surface area contributed by atoms with Crippen molar-refractivity contribution in [3.8, 4) is 5.75 Å². The fourth-order valence-corrected chi connectivity index (χ4v) is 2.95. The second kappa shape index (κ2) is 26.4. The van der Waals surface area contributed by atoms with Gasteiger partial charge in [0.25, 0.3) is 5.56 Å². The Morgan fingerprint density at radius 2 is 1.66 bits per heavy atom. The molecule has 2 heterocycles. The van der Waals surface area contributed by atoms with E-state index in [1.54, 1.807) is 12.2 Å². The monoisotopic (exact) mass is 497 g/mol. The van der Waals surface area contributed by atoms with Crippen LogP contribution in [-0.4, -0.2) is 26.3 Å². The van der Waals surface area contributed by atoms with E-state index in [9.17, 15) is 19.4 Å². The van der Waals surface area contributed by atoms with Gasteiger partial charge in [0.1, 0.15) is 11.5 Å². The van der Waals surface area contributed by atoms with E-state index in [-0.39, 0.29) is 11.6 Å². The van der Waals surface area contributed by atoms with E-state index in [2.05, 4.69) is 30.7 Å². The molecule has 2 atom stereocenters. The Kier molecular flexibility index (Phi) is 28.1. The Morgan fingerprint density at radius 3 is 2.20 bits per heavy atom. The average Bonchev–Trinajstić information content (AvgIpc) is 2.88. The first kappa shape index (κ1) is 37.3. The molecular formula is C28H52FN3O3. The van der Waals surface area contributed by atoms with Crippen molar-refractivity contribution in [2.75, 3.05) is 6.54 Å². The van der Waals surface area contributed by atoms with Crippen molar-refractivity contribution >= 4 is 0 Å². The molecule has 2 rings (SSSR count). The lowest BCUT2D eigenvalue weighted by Gasteiger charge is -2.20. The van der Waals surface area contributed by atoms with Crippen molar-refractivity contribution in [1.82, 2.24) is 14.9 Å². The molecule has 0 spiro atoms. The molecule has 0 radical (unpaired) electrons. The maximum Gasteiger partial charge on any atom is 0.296 e. The standard InChI is InChI=1S/C19H26FN3O3.C3H8.3C2H6/c1-2-14(9-6-7-11-20)13-21-18(25)16-17(24)19(26)23-12-8-4-3-5-10-15(23)22-16;1-3-2;3*1-2/h2,6-7,9,11,14,18,21,24-25H,1,3-5,8,10,12-13H2;3H2,1-2H3;3*1-2H3/b9-6?,11-7+;;;;. The van der Waals surface area contributed by atoms with E-state index in [0.29, 0.717) is 31.7 Å². The van der Waals surface area contributed by atoms with Crippen molar-refractivity contribution in [3.05, 3.63) is 59.1 Å². The van der Waals surface area contributed by atoms with E-state index in [1.165, 1.54) is 23.1 Å². The van der Waals surface area contributed by atoms with Gasteiger partial charge in [-0.1, -0.05) is 92.9 Å². The number of aliphatic hydroxyl groups excluding tert-OH is 1. The molecule has 6 nitrogen and oxygen atoms in total. The van der Waals surface area contributed by atoms with Crippen molar-refractivity contribution in [1.29, 1.82) is 0 Å². The number of hydrogen-bond donors (Lipinski definition) is 3.